The van der Waals surface area contributed by atoms with Crippen LogP contribution in [0.4, 0.5) is 5.82 Å². The molecule has 0 bridgehead atoms. The summed E-state index contributed by atoms with van der Waals surface area (Å²) in [6.45, 7) is 6.07. The van der Waals surface area contributed by atoms with Crippen molar-refractivity contribution in [1.82, 2.24) is 29.6 Å². The summed E-state index contributed by atoms with van der Waals surface area (Å²) in [6.07, 6.45) is 4.45. The molecule has 1 aliphatic heterocycles. The highest BCUT2D eigenvalue weighted by molar-refractivity contribution is 7.78. The SMILES string of the molecule is Cc1cnc(CNC(=O)c2/c(=N/S)c3ccc(N4CCCN(C)CC4)nc3n3c2sc2ccccc23)cn1. The molecule has 4 aromatic heterocycles. The predicted molar refractivity (Wildman–Crippen MR) is 155 cm³/mol. The van der Waals surface area contributed by atoms with Gasteiger partial charge in [-0.2, -0.15) is 0 Å². The van der Waals surface area contributed by atoms with Crippen LogP contribution in [0.1, 0.15) is 28.2 Å². The zero-order chi connectivity index (χ0) is 26.2. The van der Waals surface area contributed by atoms with E-state index < -0.39 is 0 Å². The molecule has 11 heteroatoms. The molecule has 0 unspecified atom stereocenters. The Morgan fingerprint density at radius 3 is 2.79 bits per heavy atom. The Bertz CT molecular complexity index is 1730. The van der Waals surface area contributed by atoms with Gasteiger partial charge in [0.05, 0.1) is 39.7 Å². The van der Waals surface area contributed by atoms with Gasteiger partial charge in [-0.25, -0.2) is 9.38 Å². The molecular formula is C27H28N8OS2. The minimum absolute atomic E-state index is 0.245. The molecule has 1 saturated heterocycles. The van der Waals surface area contributed by atoms with E-state index >= 15 is 0 Å². The third kappa shape index (κ3) is 4.50. The normalized spacial score (nSPS) is 15.4. The van der Waals surface area contributed by atoms with Gasteiger partial charge in [-0.1, -0.05) is 12.1 Å². The van der Waals surface area contributed by atoms with Crippen molar-refractivity contribution in [3.8, 4) is 0 Å². The van der Waals surface area contributed by atoms with E-state index in [0.717, 1.165) is 70.2 Å². The molecule has 1 fully saturated rings. The van der Waals surface area contributed by atoms with Gasteiger partial charge in [-0.05, 0) is 64.0 Å². The average Bonchev–Trinajstić information content (AvgIpc) is 3.19. The minimum atomic E-state index is -0.245. The van der Waals surface area contributed by atoms with Gasteiger partial charge in [0.15, 0.2) is 0 Å². The molecule has 1 N–H and O–H groups in total. The fourth-order valence-corrected chi connectivity index (χ4v) is 6.31. The smallest absolute Gasteiger partial charge is 0.256 e. The van der Waals surface area contributed by atoms with E-state index in [1.807, 2.05) is 31.2 Å². The number of anilines is 1. The van der Waals surface area contributed by atoms with Crippen molar-refractivity contribution in [2.75, 3.05) is 38.1 Å². The molecule has 194 valence electrons. The number of carbonyl (C=O) groups is 1. The summed E-state index contributed by atoms with van der Waals surface area (Å²) in [6, 6.07) is 12.2. The molecule has 5 aromatic rings. The van der Waals surface area contributed by atoms with Crippen LogP contribution in [0.25, 0.3) is 26.1 Å². The Labute approximate surface area is 229 Å². The van der Waals surface area contributed by atoms with E-state index in [1.165, 1.54) is 0 Å². The number of carbonyl (C=O) groups excluding carboxylic acids is 1. The number of nitrogens with zero attached hydrogens (tertiary/aromatic N) is 7. The summed E-state index contributed by atoms with van der Waals surface area (Å²) in [4.78, 5) is 33.0. The lowest BCUT2D eigenvalue weighted by Gasteiger charge is -2.22. The third-order valence-electron chi connectivity index (χ3n) is 6.93. The maximum absolute atomic E-state index is 13.7. The first kappa shape index (κ1) is 24.8. The maximum Gasteiger partial charge on any atom is 0.256 e. The molecule has 38 heavy (non-hydrogen) atoms. The van der Waals surface area contributed by atoms with Gasteiger partial charge >= 0.3 is 0 Å². The van der Waals surface area contributed by atoms with Crippen molar-refractivity contribution in [2.24, 2.45) is 4.40 Å². The van der Waals surface area contributed by atoms with E-state index in [0.29, 0.717) is 16.6 Å². The number of aryl methyl sites for hydroxylation is 1. The van der Waals surface area contributed by atoms with Crippen molar-refractivity contribution in [3.63, 3.8) is 0 Å². The maximum atomic E-state index is 13.7. The fourth-order valence-electron chi connectivity index (χ4n) is 4.92. The molecule has 0 spiro atoms. The number of pyridine rings is 2. The Balaban J connectivity index is 1.52. The van der Waals surface area contributed by atoms with Gasteiger partial charge < -0.3 is 15.1 Å². The zero-order valence-corrected chi connectivity index (χ0v) is 23.0. The monoisotopic (exact) mass is 544 g/mol. The van der Waals surface area contributed by atoms with Crippen molar-refractivity contribution >= 4 is 62.0 Å². The van der Waals surface area contributed by atoms with E-state index in [4.69, 9.17) is 4.98 Å². The lowest BCUT2D eigenvalue weighted by atomic mass is 10.1. The highest BCUT2D eigenvalue weighted by Gasteiger charge is 2.23. The van der Waals surface area contributed by atoms with Gasteiger partial charge in [-0.3, -0.25) is 19.2 Å². The number of amides is 1. The largest absolute Gasteiger partial charge is 0.355 e. The number of thiazole rings is 1. The number of para-hydroxylation sites is 1. The molecule has 1 amide bonds. The van der Waals surface area contributed by atoms with Gasteiger partial charge in [-0.15, -0.1) is 11.3 Å². The van der Waals surface area contributed by atoms with Crippen LogP contribution in [0.2, 0.25) is 0 Å². The summed E-state index contributed by atoms with van der Waals surface area (Å²) in [5.74, 6) is 0.683. The Morgan fingerprint density at radius 1 is 1.11 bits per heavy atom. The van der Waals surface area contributed by atoms with Gasteiger partial charge in [0.2, 0.25) is 0 Å². The number of hydrogen-bond acceptors (Lipinski definition) is 9. The van der Waals surface area contributed by atoms with Crippen LogP contribution in [0, 0.1) is 6.92 Å². The Kier molecular flexibility index (Phi) is 6.73. The number of hydrogen-bond donors (Lipinski definition) is 2. The molecule has 6 rings (SSSR count). The number of fused-ring (bicyclic) bond motifs is 5. The number of aromatic nitrogens is 4. The second-order valence-corrected chi connectivity index (χ2v) is 10.8. The molecule has 9 nitrogen and oxygen atoms in total. The summed E-state index contributed by atoms with van der Waals surface area (Å²) < 4.78 is 7.46. The van der Waals surface area contributed by atoms with Crippen LogP contribution in [0.5, 0.6) is 0 Å². The highest BCUT2D eigenvalue weighted by Crippen LogP contribution is 2.31. The predicted octanol–water partition coefficient (Wildman–Crippen LogP) is 3.62. The van der Waals surface area contributed by atoms with Crippen LogP contribution in [-0.4, -0.2) is 63.4 Å². The lowest BCUT2D eigenvalue weighted by molar-refractivity contribution is 0.0951. The standard InChI is InChI=1S/C27H28N8OS2/c1-17-14-29-18(15-28-17)16-30-26(36)23-24(32-37)19-8-9-22(34-11-5-10-33(2)12-13-34)31-25(19)35-20-6-3-4-7-21(20)38-27(23)35/h3-4,6-9,14-15,37H,5,10-13,16H2,1-2H3,(H,30,36)/b32-24+. The number of nitrogens with one attached hydrogen (secondary N) is 1. The summed E-state index contributed by atoms with van der Waals surface area (Å²) >= 11 is 5.86. The van der Waals surface area contributed by atoms with E-state index in [9.17, 15) is 4.79 Å². The van der Waals surface area contributed by atoms with E-state index in [2.05, 4.69) is 65.9 Å². The first-order valence-electron chi connectivity index (χ1n) is 12.6. The van der Waals surface area contributed by atoms with Crippen LogP contribution in [-0.2, 0) is 6.54 Å². The molecular weight excluding hydrogens is 516 g/mol. The van der Waals surface area contributed by atoms with Gasteiger partial charge in [0, 0.05) is 31.2 Å². The lowest BCUT2D eigenvalue weighted by Crippen LogP contribution is -2.31. The van der Waals surface area contributed by atoms with Gasteiger partial charge in [0.1, 0.15) is 21.9 Å². The van der Waals surface area contributed by atoms with E-state index in [1.54, 1.807) is 23.7 Å². The van der Waals surface area contributed by atoms with Crippen molar-refractivity contribution in [1.29, 1.82) is 0 Å². The highest BCUT2D eigenvalue weighted by atomic mass is 32.1. The molecule has 5 heterocycles. The molecule has 0 radical (unpaired) electrons. The van der Waals surface area contributed by atoms with Crippen LogP contribution >= 0.6 is 24.2 Å². The average molecular weight is 545 g/mol. The summed E-state index contributed by atoms with van der Waals surface area (Å²) in [5, 5.41) is 4.30. The van der Waals surface area contributed by atoms with Crippen LogP contribution in [0.15, 0.2) is 53.2 Å². The van der Waals surface area contributed by atoms with Crippen LogP contribution in [0.3, 0.4) is 0 Å². The second-order valence-electron chi connectivity index (χ2n) is 9.55. The minimum Gasteiger partial charge on any atom is -0.355 e. The molecule has 1 aliphatic rings. The zero-order valence-electron chi connectivity index (χ0n) is 21.3. The topological polar surface area (TPSA) is 91.0 Å². The van der Waals surface area contributed by atoms with E-state index in [-0.39, 0.29) is 12.5 Å². The third-order valence-corrected chi connectivity index (χ3v) is 8.27. The Hall–Kier alpha value is -3.54. The first-order valence-corrected chi connectivity index (χ1v) is 13.8. The van der Waals surface area contributed by atoms with Crippen molar-refractivity contribution < 1.29 is 4.79 Å². The van der Waals surface area contributed by atoms with Crippen molar-refractivity contribution in [3.05, 3.63) is 71.1 Å². The summed E-state index contributed by atoms with van der Waals surface area (Å²) in [7, 11) is 2.16. The number of likely N-dealkylation sites (N-methyl/N-ethyl adjacent to an activating group) is 1. The number of rotatable bonds is 4. The summed E-state index contributed by atoms with van der Waals surface area (Å²) in [5.41, 5.74) is 3.75. The fraction of sp³-hybridized carbons (Fsp3) is 0.296. The second kappa shape index (κ2) is 10.3. The molecule has 0 aliphatic carbocycles. The molecule has 0 saturated carbocycles. The molecule has 0 atom stereocenters. The van der Waals surface area contributed by atoms with Gasteiger partial charge in [0.25, 0.3) is 5.91 Å². The number of benzene rings is 1. The molecule has 1 aromatic carbocycles. The quantitative estimate of drug-likeness (QED) is 0.336. The van der Waals surface area contributed by atoms with Crippen LogP contribution < -0.4 is 15.6 Å². The Morgan fingerprint density at radius 2 is 1.97 bits per heavy atom. The van der Waals surface area contributed by atoms with Crippen molar-refractivity contribution in [2.45, 2.75) is 19.9 Å². The number of thiol groups is 1. The first-order chi connectivity index (χ1) is 18.5.